The molecule has 0 aliphatic carbocycles. The molecule has 0 unspecified atom stereocenters. The third kappa shape index (κ3) is 8.01. The number of benzene rings is 13. The highest BCUT2D eigenvalue weighted by Gasteiger charge is 2.20. The van der Waals surface area contributed by atoms with E-state index in [1.54, 1.807) is 0 Å². The van der Waals surface area contributed by atoms with Gasteiger partial charge in [-0.25, -0.2) is 0 Å². The number of rotatable bonds is 10. The van der Waals surface area contributed by atoms with Crippen molar-refractivity contribution in [2.24, 2.45) is 0 Å². The molecule has 0 aliphatic rings. The normalized spacial score (nSPS) is 11.4. The van der Waals surface area contributed by atoms with Crippen LogP contribution < -0.4 is 4.90 Å². The van der Waals surface area contributed by atoms with Gasteiger partial charge in [0.15, 0.2) is 0 Å². The van der Waals surface area contributed by atoms with Crippen molar-refractivity contribution in [1.82, 2.24) is 4.57 Å². The lowest BCUT2D eigenvalue weighted by Crippen LogP contribution is -2.10. The number of para-hydroxylation sites is 1. The van der Waals surface area contributed by atoms with Gasteiger partial charge in [-0.1, -0.05) is 224 Å². The third-order valence-corrected chi connectivity index (χ3v) is 15.2. The van der Waals surface area contributed by atoms with Gasteiger partial charge >= 0.3 is 0 Å². The summed E-state index contributed by atoms with van der Waals surface area (Å²) in [5.74, 6) is 0. The molecule has 13 aromatic carbocycles. The van der Waals surface area contributed by atoms with Crippen molar-refractivity contribution in [2.45, 2.75) is 0 Å². The third-order valence-electron chi connectivity index (χ3n) is 15.2. The summed E-state index contributed by atoms with van der Waals surface area (Å²) in [6.45, 7) is 0. The summed E-state index contributed by atoms with van der Waals surface area (Å²) in [6.07, 6.45) is 0. The van der Waals surface area contributed by atoms with Crippen LogP contribution in [0.4, 0.5) is 17.1 Å². The van der Waals surface area contributed by atoms with E-state index in [0.29, 0.717) is 0 Å². The van der Waals surface area contributed by atoms with Crippen molar-refractivity contribution in [3.8, 4) is 72.4 Å². The average Bonchev–Trinajstić information content (AvgIpc) is 3.91. The van der Waals surface area contributed by atoms with Gasteiger partial charge in [0.25, 0.3) is 0 Å². The van der Waals surface area contributed by atoms with Crippen LogP contribution in [0.15, 0.2) is 303 Å². The highest BCUT2D eigenvalue weighted by atomic mass is 15.1. The van der Waals surface area contributed by atoms with E-state index in [2.05, 4.69) is 313 Å². The van der Waals surface area contributed by atoms with Crippen molar-refractivity contribution in [3.05, 3.63) is 303 Å². The van der Waals surface area contributed by atoms with Gasteiger partial charge in [0, 0.05) is 33.5 Å². The Balaban J connectivity index is 0.800. The molecule has 0 radical (unpaired) electrons. The van der Waals surface area contributed by atoms with Crippen molar-refractivity contribution in [3.63, 3.8) is 0 Å². The van der Waals surface area contributed by atoms with E-state index in [-0.39, 0.29) is 0 Å². The van der Waals surface area contributed by atoms with Gasteiger partial charge < -0.3 is 9.47 Å². The zero-order chi connectivity index (χ0) is 50.4. The molecular weight excluding hydrogens is 917 g/mol. The Morgan fingerprint density at radius 3 is 0.987 bits per heavy atom. The lowest BCUT2D eigenvalue weighted by molar-refractivity contribution is 1.17. The number of aromatic nitrogens is 1. The molecule has 0 bridgehead atoms. The number of anilines is 3. The molecule has 0 amide bonds. The van der Waals surface area contributed by atoms with Crippen LogP contribution in [0.3, 0.4) is 0 Å². The zero-order valence-corrected chi connectivity index (χ0v) is 41.8. The van der Waals surface area contributed by atoms with Gasteiger partial charge in [0.2, 0.25) is 0 Å². The minimum atomic E-state index is 1.08. The van der Waals surface area contributed by atoms with Crippen LogP contribution in [0, 0.1) is 0 Å². The number of fused-ring (bicyclic) bond motifs is 5. The molecule has 0 spiro atoms. The molecule has 0 saturated heterocycles. The molecular formula is C74H50N2. The van der Waals surface area contributed by atoms with Crippen LogP contribution in [0.1, 0.15) is 0 Å². The summed E-state index contributed by atoms with van der Waals surface area (Å²) < 4.78 is 2.41. The van der Waals surface area contributed by atoms with Gasteiger partial charge in [0.05, 0.1) is 11.0 Å². The first-order chi connectivity index (χ1) is 37.7. The quantitative estimate of drug-likeness (QED) is 0.124. The van der Waals surface area contributed by atoms with Crippen molar-refractivity contribution < 1.29 is 0 Å². The SMILES string of the molecule is c1ccc(-c2cccc(-c3c4ccccc4c(-c4ccc(-c5ccc(N(c6ccccc6)c6ccc(-n7c8ccc(-c9ccccc9)cc8c8cc(-c9ccccc9)ccc87)cc6)cc5)cc4)c4ccccc34)c2)cc1. The molecule has 76 heavy (non-hydrogen) atoms. The molecule has 0 N–H and O–H groups in total. The minimum Gasteiger partial charge on any atom is -0.311 e. The Bertz CT molecular complexity index is 4240. The van der Waals surface area contributed by atoms with Crippen LogP contribution in [0.5, 0.6) is 0 Å². The Morgan fingerprint density at radius 2 is 0.513 bits per heavy atom. The maximum Gasteiger partial charge on any atom is 0.0541 e. The fourth-order valence-corrected chi connectivity index (χ4v) is 11.6. The first kappa shape index (κ1) is 44.7. The first-order valence-electron chi connectivity index (χ1n) is 26.2. The Kier molecular flexibility index (Phi) is 11.2. The molecule has 2 heteroatoms. The molecule has 0 atom stereocenters. The fourth-order valence-electron chi connectivity index (χ4n) is 11.6. The van der Waals surface area contributed by atoms with E-state index >= 15 is 0 Å². The Hall–Kier alpha value is -10.0. The molecule has 2 nitrogen and oxygen atoms in total. The second-order valence-corrected chi connectivity index (χ2v) is 19.6. The summed E-state index contributed by atoms with van der Waals surface area (Å²) in [6, 6.07) is 110. The van der Waals surface area contributed by atoms with E-state index in [4.69, 9.17) is 0 Å². The predicted molar refractivity (Wildman–Crippen MR) is 323 cm³/mol. The number of hydrogen-bond donors (Lipinski definition) is 0. The summed E-state index contributed by atoms with van der Waals surface area (Å²) in [7, 11) is 0. The number of nitrogens with zero attached hydrogens (tertiary/aromatic N) is 2. The highest BCUT2D eigenvalue weighted by molar-refractivity contribution is 6.21. The molecule has 0 saturated carbocycles. The smallest absolute Gasteiger partial charge is 0.0541 e. The van der Waals surface area contributed by atoms with Gasteiger partial charge in [0.1, 0.15) is 0 Å². The zero-order valence-electron chi connectivity index (χ0n) is 41.8. The molecule has 1 heterocycles. The summed E-state index contributed by atoms with van der Waals surface area (Å²) in [4.78, 5) is 2.35. The predicted octanol–water partition coefficient (Wildman–Crippen LogP) is 20.6. The monoisotopic (exact) mass is 966 g/mol. The number of hydrogen-bond acceptors (Lipinski definition) is 1. The van der Waals surface area contributed by atoms with E-state index in [0.717, 1.165) is 22.7 Å². The van der Waals surface area contributed by atoms with Crippen LogP contribution in [-0.2, 0) is 0 Å². The summed E-state index contributed by atoms with van der Waals surface area (Å²) in [5.41, 5.74) is 21.3. The van der Waals surface area contributed by atoms with Crippen molar-refractivity contribution >= 4 is 60.4 Å². The first-order valence-corrected chi connectivity index (χ1v) is 26.2. The van der Waals surface area contributed by atoms with Gasteiger partial charge in [-0.15, -0.1) is 0 Å². The van der Waals surface area contributed by atoms with E-state index in [1.807, 2.05) is 0 Å². The molecule has 356 valence electrons. The van der Waals surface area contributed by atoms with Crippen LogP contribution in [0.2, 0.25) is 0 Å². The van der Waals surface area contributed by atoms with E-state index in [1.165, 1.54) is 110 Å². The van der Waals surface area contributed by atoms with Crippen molar-refractivity contribution in [2.75, 3.05) is 4.90 Å². The second-order valence-electron chi connectivity index (χ2n) is 19.6. The lowest BCUT2D eigenvalue weighted by atomic mass is 9.85. The highest BCUT2D eigenvalue weighted by Crippen LogP contribution is 2.45. The molecule has 14 aromatic rings. The van der Waals surface area contributed by atoms with Gasteiger partial charge in [-0.2, -0.15) is 0 Å². The lowest BCUT2D eigenvalue weighted by Gasteiger charge is -2.26. The molecule has 0 fully saturated rings. The Labute approximate surface area is 443 Å². The van der Waals surface area contributed by atoms with Gasteiger partial charge in [-0.05, 0) is 167 Å². The van der Waals surface area contributed by atoms with Gasteiger partial charge in [-0.3, -0.25) is 0 Å². The minimum absolute atomic E-state index is 1.08. The van der Waals surface area contributed by atoms with Crippen LogP contribution in [0.25, 0.3) is 116 Å². The largest absolute Gasteiger partial charge is 0.311 e. The second kappa shape index (κ2) is 19.1. The molecule has 1 aromatic heterocycles. The Morgan fingerprint density at radius 1 is 0.197 bits per heavy atom. The van der Waals surface area contributed by atoms with Crippen LogP contribution in [-0.4, -0.2) is 4.57 Å². The van der Waals surface area contributed by atoms with Crippen LogP contribution >= 0.6 is 0 Å². The average molecular weight is 967 g/mol. The summed E-state index contributed by atoms with van der Waals surface area (Å²) >= 11 is 0. The standard InChI is InChI=1S/C74H50N2/c1-5-18-51(19-6-1)57-24-17-25-60(48-57)74-67-30-15-13-28-65(67)73(66-29-14-16-31-68(66)74)56-34-32-54(33-35-56)55-36-40-62(41-37-55)75(61-26-11-4-12-27-61)63-42-44-64(45-43-63)76-71-46-38-58(52-20-7-2-8-21-52)49-69(71)70-50-59(39-47-72(70)76)53-22-9-3-10-23-53/h1-50H. The summed E-state index contributed by atoms with van der Waals surface area (Å²) in [5, 5.41) is 7.46. The van der Waals surface area contributed by atoms with E-state index in [9.17, 15) is 0 Å². The maximum atomic E-state index is 2.41. The topological polar surface area (TPSA) is 8.17 Å². The van der Waals surface area contributed by atoms with E-state index < -0.39 is 0 Å². The molecule has 0 aliphatic heterocycles. The fraction of sp³-hybridized carbons (Fsp3) is 0. The molecule has 14 rings (SSSR count). The van der Waals surface area contributed by atoms with Crippen molar-refractivity contribution in [1.29, 1.82) is 0 Å². The maximum absolute atomic E-state index is 2.41.